The zero-order valence-electron chi connectivity index (χ0n) is 19.3. The normalized spacial score (nSPS) is 21.4. The number of amides is 2. The number of rotatable bonds is 9. The van der Waals surface area contributed by atoms with E-state index in [4.69, 9.17) is 21.1 Å². The number of carbonyl (C=O) groups excluding carboxylic acids is 2. The first-order chi connectivity index (χ1) is 15.5. The number of anilines is 1. The number of carbonyl (C=O) groups is 2. The van der Waals surface area contributed by atoms with Gasteiger partial charge in [-0.3, -0.25) is 9.59 Å². The standard InChI is InChI=1S/C23H35ClN4O4/c1-25-19-14-20(31-2)16(13-17(19)24)23(30)26-18-8-12-27(15-21(18)32-3)9-6-7-22(29)28-10-4-5-11-28/h13-14,18,21,25H,4-12,15H2,1-3H3,(H,26,30)/t18-,21+/m1/s1. The number of hydrogen-bond acceptors (Lipinski definition) is 6. The van der Waals surface area contributed by atoms with Gasteiger partial charge in [-0.25, -0.2) is 0 Å². The predicted octanol–water partition coefficient (Wildman–Crippen LogP) is 2.61. The summed E-state index contributed by atoms with van der Waals surface area (Å²) in [6.45, 7) is 4.23. The van der Waals surface area contributed by atoms with Gasteiger partial charge in [0.2, 0.25) is 5.91 Å². The van der Waals surface area contributed by atoms with Crippen molar-refractivity contribution in [2.24, 2.45) is 0 Å². The Bertz CT molecular complexity index is 800. The van der Waals surface area contributed by atoms with Crippen LogP contribution in [0, 0.1) is 0 Å². The molecule has 2 fully saturated rings. The maximum atomic E-state index is 13.0. The molecule has 9 heteroatoms. The first-order valence-electron chi connectivity index (χ1n) is 11.4. The van der Waals surface area contributed by atoms with Gasteiger partial charge in [-0.2, -0.15) is 0 Å². The fraction of sp³-hybridized carbons (Fsp3) is 0.652. The van der Waals surface area contributed by atoms with Crippen LogP contribution >= 0.6 is 11.6 Å². The van der Waals surface area contributed by atoms with Crippen LogP contribution < -0.4 is 15.4 Å². The number of methoxy groups -OCH3 is 2. The molecule has 0 spiro atoms. The molecule has 0 radical (unpaired) electrons. The molecule has 8 nitrogen and oxygen atoms in total. The molecule has 0 aromatic heterocycles. The minimum Gasteiger partial charge on any atom is -0.496 e. The lowest BCUT2D eigenvalue weighted by Crippen LogP contribution is -2.55. The number of ether oxygens (including phenoxy) is 2. The van der Waals surface area contributed by atoms with Gasteiger partial charge in [-0.1, -0.05) is 11.6 Å². The van der Waals surface area contributed by atoms with Gasteiger partial charge in [0.05, 0.1) is 35.5 Å². The second-order valence-corrected chi connectivity index (χ2v) is 8.82. The lowest BCUT2D eigenvalue weighted by Gasteiger charge is -2.38. The number of piperidine rings is 1. The van der Waals surface area contributed by atoms with E-state index in [-0.39, 0.29) is 24.0 Å². The van der Waals surface area contributed by atoms with Crippen molar-refractivity contribution in [3.05, 3.63) is 22.7 Å². The molecule has 2 saturated heterocycles. The van der Waals surface area contributed by atoms with E-state index in [2.05, 4.69) is 15.5 Å². The first kappa shape index (κ1) is 24.6. The minimum absolute atomic E-state index is 0.109. The van der Waals surface area contributed by atoms with Gasteiger partial charge in [0, 0.05) is 52.8 Å². The smallest absolute Gasteiger partial charge is 0.255 e. The molecular formula is C23H35ClN4O4. The first-order valence-corrected chi connectivity index (χ1v) is 11.7. The molecule has 2 aliphatic rings. The summed E-state index contributed by atoms with van der Waals surface area (Å²) in [7, 11) is 4.97. The van der Waals surface area contributed by atoms with E-state index in [1.807, 2.05) is 4.90 Å². The second kappa shape index (κ2) is 11.7. The average Bonchev–Trinajstić information content (AvgIpc) is 3.34. The molecule has 0 saturated carbocycles. The van der Waals surface area contributed by atoms with Crippen molar-refractivity contribution in [1.82, 2.24) is 15.1 Å². The molecule has 2 N–H and O–H groups in total. The Hall–Kier alpha value is -2.03. The Labute approximate surface area is 195 Å². The molecule has 2 heterocycles. The molecule has 0 bridgehead atoms. The van der Waals surface area contributed by atoms with Crippen LogP contribution in [0.25, 0.3) is 0 Å². The van der Waals surface area contributed by atoms with E-state index in [0.29, 0.717) is 28.4 Å². The number of nitrogens with one attached hydrogen (secondary N) is 2. The molecule has 0 unspecified atom stereocenters. The Morgan fingerprint density at radius 3 is 2.59 bits per heavy atom. The Morgan fingerprint density at radius 2 is 1.94 bits per heavy atom. The zero-order chi connectivity index (χ0) is 23.1. The summed E-state index contributed by atoms with van der Waals surface area (Å²) in [5.41, 5.74) is 1.10. The van der Waals surface area contributed by atoms with Crippen molar-refractivity contribution in [2.45, 2.75) is 44.2 Å². The Kier molecular flexibility index (Phi) is 9.02. The number of nitrogens with zero attached hydrogens (tertiary/aromatic N) is 2. The largest absolute Gasteiger partial charge is 0.496 e. The summed E-state index contributed by atoms with van der Waals surface area (Å²) in [4.78, 5) is 29.5. The molecule has 1 aromatic rings. The zero-order valence-corrected chi connectivity index (χ0v) is 20.0. The van der Waals surface area contributed by atoms with Crippen LogP contribution in [0.3, 0.4) is 0 Å². The van der Waals surface area contributed by atoms with E-state index in [0.717, 1.165) is 58.4 Å². The molecule has 2 aliphatic heterocycles. The Balaban J connectivity index is 1.52. The summed E-state index contributed by atoms with van der Waals surface area (Å²) < 4.78 is 11.1. The second-order valence-electron chi connectivity index (χ2n) is 8.42. The van der Waals surface area contributed by atoms with E-state index in [9.17, 15) is 9.59 Å². The van der Waals surface area contributed by atoms with Gasteiger partial charge >= 0.3 is 0 Å². The summed E-state index contributed by atoms with van der Waals surface area (Å²) >= 11 is 6.28. The van der Waals surface area contributed by atoms with Crippen LogP contribution in [-0.4, -0.2) is 87.8 Å². The summed E-state index contributed by atoms with van der Waals surface area (Å²) in [6.07, 6.45) is 4.33. The van der Waals surface area contributed by atoms with Crippen molar-refractivity contribution in [2.75, 3.05) is 59.3 Å². The average molecular weight is 467 g/mol. The number of benzene rings is 1. The van der Waals surface area contributed by atoms with Gasteiger partial charge in [-0.05, 0) is 38.3 Å². The van der Waals surface area contributed by atoms with Crippen molar-refractivity contribution in [3.63, 3.8) is 0 Å². The molecule has 32 heavy (non-hydrogen) atoms. The SMILES string of the molecule is CNc1cc(OC)c(C(=O)N[C@@H]2CCN(CCCC(=O)N3CCCC3)C[C@@H]2OC)cc1Cl. The molecular weight excluding hydrogens is 432 g/mol. The maximum Gasteiger partial charge on any atom is 0.255 e. The molecule has 2 atom stereocenters. The molecule has 0 aliphatic carbocycles. The van der Waals surface area contributed by atoms with Gasteiger partial charge in [0.25, 0.3) is 5.91 Å². The fourth-order valence-electron chi connectivity index (χ4n) is 4.50. The van der Waals surface area contributed by atoms with Crippen LogP contribution in [-0.2, 0) is 9.53 Å². The van der Waals surface area contributed by atoms with Gasteiger partial charge < -0.3 is 29.9 Å². The number of halogens is 1. The van der Waals surface area contributed by atoms with Crippen LogP contribution in [0.1, 0.15) is 42.5 Å². The van der Waals surface area contributed by atoms with Crippen LogP contribution in [0.15, 0.2) is 12.1 Å². The minimum atomic E-state index is -0.233. The van der Waals surface area contributed by atoms with E-state index in [1.54, 1.807) is 26.3 Å². The predicted molar refractivity (Wildman–Crippen MR) is 126 cm³/mol. The maximum absolute atomic E-state index is 13.0. The summed E-state index contributed by atoms with van der Waals surface area (Å²) in [6, 6.07) is 3.23. The third-order valence-corrected chi connectivity index (χ3v) is 6.70. The monoisotopic (exact) mass is 466 g/mol. The molecule has 2 amide bonds. The van der Waals surface area contributed by atoms with Crippen LogP contribution in [0.5, 0.6) is 5.75 Å². The van der Waals surface area contributed by atoms with Crippen molar-refractivity contribution < 1.29 is 19.1 Å². The molecule has 3 rings (SSSR count). The van der Waals surface area contributed by atoms with Crippen molar-refractivity contribution in [3.8, 4) is 5.75 Å². The summed E-state index contributed by atoms with van der Waals surface area (Å²) in [5.74, 6) is 0.498. The highest BCUT2D eigenvalue weighted by molar-refractivity contribution is 6.33. The lowest BCUT2D eigenvalue weighted by atomic mass is 10.0. The van der Waals surface area contributed by atoms with Gasteiger partial charge in [0.1, 0.15) is 5.75 Å². The number of hydrogen-bond donors (Lipinski definition) is 2. The Morgan fingerprint density at radius 1 is 1.19 bits per heavy atom. The van der Waals surface area contributed by atoms with Gasteiger partial charge in [0.15, 0.2) is 0 Å². The van der Waals surface area contributed by atoms with Crippen LogP contribution in [0.4, 0.5) is 5.69 Å². The third kappa shape index (κ3) is 6.05. The highest BCUT2D eigenvalue weighted by atomic mass is 35.5. The molecule has 1 aromatic carbocycles. The number of likely N-dealkylation sites (tertiary alicyclic amines) is 2. The van der Waals surface area contributed by atoms with E-state index >= 15 is 0 Å². The summed E-state index contributed by atoms with van der Waals surface area (Å²) in [5, 5.41) is 6.54. The highest BCUT2D eigenvalue weighted by Crippen LogP contribution is 2.31. The quantitative estimate of drug-likeness (QED) is 0.582. The van der Waals surface area contributed by atoms with Crippen LogP contribution in [0.2, 0.25) is 5.02 Å². The molecule has 178 valence electrons. The lowest BCUT2D eigenvalue weighted by molar-refractivity contribution is -0.130. The van der Waals surface area contributed by atoms with E-state index in [1.165, 1.54) is 7.11 Å². The van der Waals surface area contributed by atoms with Gasteiger partial charge in [-0.15, -0.1) is 0 Å². The van der Waals surface area contributed by atoms with E-state index < -0.39 is 0 Å². The topological polar surface area (TPSA) is 83.1 Å². The van der Waals surface area contributed by atoms with Crippen molar-refractivity contribution in [1.29, 1.82) is 0 Å². The van der Waals surface area contributed by atoms with Crippen molar-refractivity contribution >= 4 is 29.1 Å². The highest BCUT2D eigenvalue weighted by Gasteiger charge is 2.31. The third-order valence-electron chi connectivity index (χ3n) is 6.39. The fourth-order valence-corrected chi connectivity index (χ4v) is 4.76.